The standard InChI is InChI=1S/C19H21F3N4O/c20-19(21,22)13-2-1-3-15(10-13)26-17(12-4-5-12)16(11-24-26)18(27)25-8-6-14(23)7-9-25/h1-3,10-12,14H,4-9,23H2. The number of carbonyl (C=O) groups is 1. The van der Waals surface area contributed by atoms with E-state index in [1.165, 1.54) is 16.9 Å². The quantitative estimate of drug-likeness (QED) is 0.891. The Hall–Kier alpha value is -2.35. The Bertz CT molecular complexity index is 849. The van der Waals surface area contributed by atoms with E-state index in [1.54, 1.807) is 11.0 Å². The van der Waals surface area contributed by atoms with E-state index in [1.807, 2.05) is 0 Å². The van der Waals surface area contributed by atoms with Crippen LogP contribution in [0.4, 0.5) is 13.2 Å². The number of likely N-dealkylation sites (tertiary alicyclic amines) is 1. The molecule has 144 valence electrons. The summed E-state index contributed by atoms with van der Waals surface area (Å²) in [6, 6.07) is 5.18. The lowest BCUT2D eigenvalue weighted by Gasteiger charge is -2.30. The number of amides is 1. The number of hydrogen-bond donors (Lipinski definition) is 1. The fourth-order valence-corrected chi connectivity index (χ4v) is 3.56. The summed E-state index contributed by atoms with van der Waals surface area (Å²) >= 11 is 0. The van der Waals surface area contributed by atoms with Crippen molar-refractivity contribution >= 4 is 5.91 Å². The highest BCUT2D eigenvalue weighted by molar-refractivity contribution is 5.95. The molecule has 1 aromatic carbocycles. The molecule has 0 radical (unpaired) electrons. The van der Waals surface area contributed by atoms with Crippen LogP contribution in [0.1, 0.15) is 53.2 Å². The Balaban J connectivity index is 1.69. The highest BCUT2D eigenvalue weighted by atomic mass is 19.4. The zero-order valence-corrected chi connectivity index (χ0v) is 14.7. The Morgan fingerprint density at radius 3 is 2.48 bits per heavy atom. The van der Waals surface area contributed by atoms with Crippen molar-refractivity contribution in [1.82, 2.24) is 14.7 Å². The van der Waals surface area contributed by atoms with Crippen LogP contribution in [0.15, 0.2) is 30.5 Å². The second-order valence-electron chi connectivity index (χ2n) is 7.31. The number of nitrogens with zero attached hydrogens (tertiary/aromatic N) is 3. The number of rotatable bonds is 3. The molecule has 0 spiro atoms. The third-order valence-electron chi connectivity index (χ3n) is 5.25. The van der Waals surface area contributed by atoms with Crippen LogP contribution in [0.25, 0.3) is 5.69 Å². The molecule has 1 saturated heterocycles. The molecule has 27 heavy (non-hydrogen) atoms. The number of piperidine rings is 1. The first-order chi connectivity index (χ1) is 12.8. The first-order valence-electron chi connectivity index (χ1n) is 9.15. The van der Waals surface area contributed by atoms with E-state index >= 15 is 0 Å². The molecule has 1 amide bonds. The molecule has 2 heterocycles. The number of alkyl halides is 3. The van der Waals surface area contributed by atoms with Gasteiger partial charge in [-0.1, -0.05) is 6.07 Å². The van der Waals surface area contributed by atoms with Crippen molar-refractivity contribution in [2.75, 3.05) is 13.1 Å². The topological polar surface area (TPSA) is 64.2 Å². The summed E-state index contributed by atoms with van der Waals surface area (Å²) in [6.07, 6.45) is 0.406. The van der Waals surface area contributed by atoms with Crippen molar-refractivity contribution in [3.05, 3.63) is 47.3 Å². The van der Waals surface area contributed by atoms with Gasteiger partial charge < -0.3 is 10.6 Å². The second-order valence-corrected chi connectivity index (χ2v) is 7.31. The summed E-state index contributed by atoms with van der Waals surface area (Å²) < 4.78 is 40.7. The molecule has 0 bridgehead atoms. The number of halogens is 3. The molecule has 2 aliphatic rings. The van der Waals surface area contributed by atoms with Gasteiger partial charge in [0, 0.05) is 25.0 Å². The van der Waals surface area contributed by atoms with Crippen molar-refractivity contribution in [2.24, 2.45) is 5.73 Å². The minimum absolute atomic E-state index is 0.109. The van der Waals surface area contributed by atoms with E-state index in [9.17, 15) is 18.0 Å². The van der Waals surface area contributed by atoms with Crippen molar-refractivity contribution < 1.29 is 18.0 Å². The largest absolute Gasteiger partial charge is 0.416 e. The molecular formula is C19H21F3N4O. The van der Waals surface area contributed by atoms with E-state index in [-0.39, 0.29) is 17.9 Å². The molecule has 0 unspecified atom stereocenters. The maximum Gasteiger partial charge on any atom is 0.416 e. The molecule has 0 atom stereocenters. The van der Waals surface area contributed by atoms with Crippen molar-refractivity contribution in [3.63, 3.8) is 0 Å². The summed E-state index contributed by atoms with van der Waals surface area (Å²) in [5.74, 6) is 0.0510. The van der Waals surface area contributed by atoms with Crippen LogP contribution < -0.4 is 5.73 Å². The normalized spacial score (nSPS) is 18.7. The summed E-state index contributed by atoms with van der Waals surface area (Å²) in [6.45, 7) is 1.19. The molecular weight excluding hydrogens is 357 g/mol. The van der Waals surface area contributed by atoms with Crippen molar-refractivity contribution in [2.45, 2.75) is 43.8 Å². The summed E-state index contributed by atoms with van der Waals surface area (Å²) in [5, 5.41) is 4.28. The number of nitrogens with two attached hydrogens (primary N) is 1. The molecule has 1 aliphatic carbocycles. The van der Waals surface area contributed by atoms with Gasteiger partial charge in [-0.25, -0.2) is 4.68 Å². The van der Waals surface area contributed by atoms with Crippen molar-refractivity contribution in [3.8, 4) is 5.69 Å². The fraction of sp³-hybridized carbons (Fsp3) is 0.474. The predicted octanol–water partition coefficient (Wildman–Crippen LogP) is 3.33. The minimum Gasteiger partial charge on any atom is -0.338 e. The minimum atomic E-state index is -4.42. The van der Waals surface area contributed by atoms with Crippen molar-refractivity contribution in [1.29, 1.82) is 0 Å². The van der Waals surface area contributed by atoms with E-state index in [4.69, 9.17) is 5.73 Å². The van der Waals surface area contributed by atoms with Gasteiger partial charge in [-0.05, 0) is 43.9 Å². The zero-order chi connectivity index (χ0) is 19.2. The molecule has 1 aromatic heterocycles. The van der Waals surface area contributed by atoms with Crippen LogP contribution in [0, 0.1) is 0 Å². The third-order valence-corrected chi connectivity index (χ3v) is 5.25. The second kappa shape index (κ2) is 6.67. The van der Waals surface area contributed by atoms with E-state index in [0.29, 0.717) is 30.0 Å². The first-order valence-corrected chi connectivity index (χ1v) is 9.15. The van der Waals surface area contributed by atoms with Gasteiger partial charge in [0.2, 0.25) is 0 Å². The number of carbonyl (C=O) groups excluding carboxylic acids is 1. The summed E-state index contributed by atoms with van der Waals surface area (Å²) in [7, 11) is 0. The van der Waals surface area contributed by atoms with Crippen LogP contribution >= 0.6 is 0 Å². The van der Waals surface area contributed by atoms with Gasteiger partial charge >= 0.3 is 6.18 Å². The molecule has 2 fully saturated rings. The molecule has 1 saturated carbocycles. The molecule has 2 aromatic rings. The lowest BCUT2D eigenvalue weighted by atomic mass is 10.0. The van der Waals surface area contributed by atoms with Crippen LogP contribution in [0.5, 0.6) is 0 Å². The molecule has 2 N–H and O–H groups in total. The molecule has 5 nitrogen and oxygen atoms in total. The van der Waals surface area contributed by atoms with E-state index < -0.39 is 11.7 Å². The van der Waals surface area contributed by atoms with Crippen LogP contribution in [0.2, 0.25) is 0 Å². The Morgan fingerprint density at radius 2 is 1.85 bits per heavy atom. The average Bonchev–Trinajstić information content (AvgIpc) is 3.39. The van der Waals surface area contributed by atoms with Crippen LogP contribution in [0.3, 0.4) is 0 Å². The monoisotopic (exact) mass is 378 g/mol. The smallest absolute Gasteiger partial charge is 0.338 e. The summed E-state index contributed by atoms with van der Waals surface area (Å²) in [5.41, 5.74) is 6.71. The zero-order valence-electron chi connectivity index (χ0n) is 14.7. The molecule has 4 rings (SSSR count). The lowest BCUT2D eigenvalue weighted by Crippen LogP contribution is -2.43. The SMILES string of the molecule is NC1CCN(C(=O)c2cnn(-c3cccc(C(F)(F)F)c3)c2C2CC2)CC1. The third kappa shape index (κ3) is 3.58. The van der Waals surface area contributed by atoms with Gasteiger partial charge in [-0.15, -0.1) is 0 Å². The predicted molar refractivity (Wildman–Crippen MR) is 93.7 cm³/mol. The van der Waals surface area contributed by atoms with Gasteiger partial charge in [0.25, 0.3) is 5.91 Å². The Kier molecular flexibility index (Phi) is 4.46. The van der Waals surface area contributed by atoms with E-state index in [0.717, 1.165) is 37.8 Å². The van der Waals surface area contributed by atoms with Gasteiger partial charge in [-0.3, -0.25) is 4.79 Å². The van der Waals surface area contributed by atoms with E-state index in [2.05, 4.69) is 5.10 Å². The average molecular weight is 378 g/mol. The molecule has 8 heteroatoms. The molecule has 1 aliphatic heterocycles. The van der Waals surface area contributed by atoms with Gasteiger partial charge in [0.15, 0.2) is 0 Å². The number of aromatic nitrogens is 2. The first kappa shape index (κ1) is 18.0. The highest BCUT2D eigenvalue weighted by Crippen LogP contribution is 2.43. The van der Waals surface area contributed by atoms with Gasteiger partial charge in [0.1, 0.15) is 0 Å². The number of hydrogen-bond acceptors (Lipinski definition) is 3. The van der Waals surface area contributed by atoms with Gasteiger partial charge in [-0.2, -0.15) is 18.3 Å². The lowest BCUT2D eigenvalue weighted by molar-refractivity contribution is -0.137. The van der Waals surface area contributed by atoms with Crippen LogP contribution in [-0.2, 0) is 6.18 Å². The fourth-order valence-electron chi connectivity index (χ4n) is 3.56. The maximum absolute atomic E-state index is 13.1. The summed E-state index contributed by atoms with van der Waals surface area (Å²) in [4.78, 5) is 14.7. The maximum atomic E-state index is 13.1. The Labute approximate surface area is 154 Å². The van der Waals surface area contributed by atoms with Crippen LogP contribution in [-0.4, -0.2) is 39.7 Å². The Morgan fingerprint density at radius 1 is 1.15 bits per heavy atom. The highest BCUT2D eigenvalue weighted by Gasteiger charge is 2.36. The number of benzene rings is 1. The van der Waals surface area contributed by atoms with Gasteiger partial charge in [0.05, 0.1) is 28.7 Å².